The van der Waals surface area contributed by atoms with Gasteiger partial charge in [-0.05, 0) is 0 Å². The maximum atomic E-state index is 12.4. The van der Waals surface area contributed by atoms with E-state index >= 15 is 0 Å². The molecule has 1 aromatic carbocycles. The van der Waals surface area contributed by atoms with Gasteiger partial charge >= 0.3 is 0 Å². The highest BCUT2D eigenvalue weighted by molar-refractivity contribution is 7.13. The number of hydrogen-bond acceptors (Lipinski definition) is 6. The van der Waals surface area contributed by atoms with Crippen LogP contribution in [0.4, 0.5) is 5.13 Å². The summed E-state index contributed by atoms with van der Waals surface area (Å²) in [4.78, 5) is 34.9. The molecule has 1 atom stereocenters. The molecule has 1 fully saturated rings. The maximum Gasteiger partial charge on any atom is 0.229 e. The van der Waals surface area contributed by atoms with E-state index in [0.29, 0.717) is 18.2 Å². The molecule has 1 aliphatic heterocycles. The standard InChI is InChI=1S/C18H16N4O2S2/c23-16-8-13(10-22(16)18-19-6-7-25-18)17(24)20-9-15-21-14(11-26-15)12-4-2-1-3-5-12/h1-7,11,13H,8-10H2,(H,20,24). The Morgan fingerprint density at radius 2 is 2.12 bits per heavy atom. The van der Waals surface area contributed by atoms with E-state index in [0.717, 1.165) is 16.3 Å². The van der Waals surface area contributed by atoms with Gasteiger partial charge < -0.3 is 5.32 Å². The quantitative estimate of drug-likeness (QED) is 0.734. The second kappa shape index (κ2) is 7.35. The minimum atomic E-state index is -0.347. The topological polar surface area (TPSA) is 75.2 Å². The molecule has 0 spiro atoms. The van der Waals surface area contributed by atoms with Crippen LogP contribution in [0, 0.1) is 5.92 Å². The summed E-state index contributed by atoms with van der Waals surface area (Å²) in [5, 5.41) is 8.21. The van der Waals surface area contributed by atoms with Crippen molar-refractivity contribution in [1.82, 2.24) is 15.3 Å². The molecular formula is C18H16N4O2S2. The lowest BCUT2D eigenvalue weighted by Gasteiger charge is -2.12. The van der Waals surface area contributed by atoms with Crippen molar-refractivity contribution in [2.45, 2.75) is 13.0 Å². The van der Waals surface area contributed by atoms with Gasteiger partial charge in [-0.1, -0.05) is 30.3 Å². The largest absolute Gasteiger partial charge is 0.349 e. The molecular weight excluding hydrogens is 368 g/mol. The number of aromatic nitrogens is 2. The van der Waals surface area contributed by atoms with Gasteiger partial charge in [0.15, 0.2) is 5.13 Å². The number of hydrogen-bond donors (Lipinski definition) is 1. The van der Waals surface area contributed by atoms with Gasteiger partial charge in [-0.2, -0.15) is 0 Å². The van der Waals surface area contributed by atoms with Crippen molar-refractivity contribution >= 4 is 39.6 Å². The van der Waals surface area contributed by atoms with Crippen molar-refractivity contribution in [2.24, 2.45) is 5.92 Å². The number of amides is 2. The van der Waals surface area contributed by atoms with Crippen molar-refractivity contribution in [1.29, 1.82) is 0 Å². The average molecular weight is 384 g/mol. The highest BCUT2D eigenvalue weighted by atomic mass is 32.1. The molecule has 0 bridgehead atoms. The lowest BCUT2D eigenvalue weighted by atomic mass is 10.1. The van der Waals surface area contributed by atoms with Crippen LogP contribution in [0.25, 0.3) is 11.3 Å². The molecule has 3 heterocycles. The molecule has 26 heavy (non-hydrogen) atoms. The summed E-state index contributed by atoms with van der Waals surface area (Å²) in [5.74, 6) is -0.519. The summed E-state index contributed by atoms with van der Waals surface area (Å²) < 4.78 is 0. The fourth-order valence-corrected chi connectivity index (χ4v) is 4.27. The summed E-state index contributed by atoms with van der Waals surface area (Å²) >= 11 is 2.92. The Labute approximate surface area is 158 Å². The molecule has 132 valence electrons. The zero-order valence-corrected chi connectivity index (χ0v) is 15.4. The monoisotopic (exact) mass is 384 g/mol. The molecule has 0 saturated carbocycles. The number of carbonyl (C=O) groups excluding carboxylic acids is 2. The smallest absolute Gasteiger partial charge is 0.229 e. The van der Waals surface area contributed by atoms with Crippen LogP contribution in [0.3, 0.4) is 0 Å². The van der Waals surface area contributed by atoms with Gasteiger partial charge in [-0.3, -0.25) is 14.5 Å². The molecule has 4 rings (SSSR count). The lowest BCUT2D eigenvalue weighted by molar-refractivity contribution is -0.126. The third-order valence-corrected chi connectivity index (χ3v) is 5.82. The molecule has 2 amide bonds. The van der Waals surface area contributed by atoms with Crippen molar-refractivity contribution in [3.63, 3.8) is 0 Å². The van der Waals surface area contributed by atoms with Gasteiger partial charge in [0.25, 0.3) is 0 Å². The van der Waals surface area contributed by atoms with E-state index in [2.05, 4.69) is 15.3 Å². The molecule has 8 heteroatoms. The Kier molecular flexibility index (Phi) is 4.77. The van der Waals surface area contributed by atoms with E-state index in [1.165, 1.54) is 22.7 Å². The van der Waals surface area contributed by atoms with Gasteiger partial charge in [-0.15, -0.1) is 22.7 Å². The summed E-state index contributed by atoms with van der Waals surface area (Å²) in [6.07, 6.45) is 1.88. The van der Waals surface area contributed by atoms with Gasteiger partial charge in [0, 0.05) is 35.5 Å². The number of nitrogens with zero attached hydrogens (tertiary/aromatic N) is 3. The van der Waals surface area contributed by atoms with Crippen molar-refractivity contribution in [3.05, 3.63) is 52.3 Å². The Morgan fingerprint density at radius 3 is 2.88 bits per heavy atom. The minimum absolute atomic E-state index is 0.0549. The normalized spacial score (nSPS) is 16.8. The summed E-state index contributed by atoms with van der Waals surface area (Å²) in [5.41, 5.74) is 1.97. The first-order valence-corrected chi connectivity index (χ1v) is 9.94. The number of thiazole rings is 2. The third-order valence-electron chi connectivity index (χ3n) is 4.18. The summed E-state index contributed by atoms with van der Waals surface area (Å²) in [7, 11) is 0. The second-order valence-electron chi connectivity index (χ2n) is 5.93. The number of nitrogens with one attached hydrogen (secondary N) is 1. The second-order valence-corrected chi connectivity index (χ2v) is 7.75. The fourth-order valence-electron chi connectivity index (χ4n) is 2.86. The van der Waals surface area contributed by atoms with E-state index in [1.807, 2.05) is 41.1 Å². The van der Waals surface area contributed by atoms with Crippen LogP contribution in [-0.2, 0) is 16.1 Å². The molecule has 3 aromatic rings. The SMILES string of the molecule is O=C(NCc1nc(-c2ccccc2)cs1)C1CC(=O)N(c2nccs2)C1. The van der Waals surface area contributed by atoms with Gasteiger partial charge in [0.1, 0.15) is 5.01 Å². The molecule has 1 aliphatic rings. The first-order valence-electron chi connectivity index (χ1n) is 8.18. The highest BCUT2D eigenvalue weighted by Crippen LogP contribution is 2.27. The van der Waals surface area contributed by atoms with Crippen LogP contribution in [0.1, 0.15) is 11.4 Å². The Morgan fingerprint density at radius 1 is 1.27 bits per heavy atom. The lowest BCUT2D eigenvalue weighted by Crippen LogP contribution is -2.32. The molecule has 6 nitrogen and oxygen atoms in total. The summed E-state index contributed by atoms with van der Waals surface area (Å²) in [6, 6.07) is 9.93. The summed E-state index contributed by atoms with van der Waals surface area (Å²) in [6.45, 7) is 0.754. The number of benzene rings is 1. The molecule has 1 unspecified atom stereocenters. The molecule has 1 N–H and O–H groups in total. The molecule has 0 radical (unpaired) electrons. The fraction of sp³-hybridized carbons (Fsp3) is 0.222. The van der Waals surface area contributed by atoms with Gasteiger partial charge in [0.05, 0.1) is 18.2 Å². The predicted octanol–water partition coefficient (Wildman–Crippen LogP) is 2.94. The van der Waals surface area contributed by atoms with E-state index in [9.17, 15) is 9.59 Å². The molecule has 2 aromatic heterocycles. The minimum Gasteiger partial charge on any atom is -0.349 e. The average Bonchev–Trinajstić information content (AvgIpc) is 3.41. The maximum absolute atomic E-state index is 12.4. The molecule has 1 saturated heterocycles. The van der Waals surface area contributed by atoms with Crippen molar-refractivity contribution in [2.75, 3.05) is 11.4 Å². The van der Waals surface area contributed by atoms with E-state index < -0.39 is 0 Å². The number of carbonyl (C=O) groups is 2. The van der Waals surface area contributed by atoms with Crippen molar-refractivity contribution in [3.8, 4) is 11.3 Å². The number of anilines is 1. The van der Waals surface area contributed by atoms with Crippen LogP contribution in [-0.4, -0.2) is 28.3 Å². The Hall–Kier alpha value is -2.58. The first kappa shape index (κ1) is 16.9. The van der Waals surface area contributed by atoms with Crippen LogP contribution < -0.4 is 10.2 Å². The molecule has 0 aliphatic carbocycles. The first-order chi connectivity index (χ1) is 12.7. The zero-order chi connectivity index (χ0) is 17.9. The highest BCUT2D eigenvalue weighted by Gasteiger charge is 2.36. The van der Waals surface area contributed by atoms with Crippen LogP contribution in [0.5, 0.6) is 0 Å². The Bertz CT molecular complexity index is 908. The predicted molar refractivity (Wildman–Crippen MR) is 102 cm³/mol. The van der Waals surface area contributed by atoms with Crippen LogP contribution in [0.15, 0.2) is 47.3 Å². The third kappa shape index (κ3) is 3.51. The van der Waals surface area contributed by atoms with E-state index in [-0.39, 0.29) is 24.2 Å². The number of rotatable bonds is 5. The van der Waals surface area contributed by atoms with Gasteiger partial charge in [0.2, 0.25) is 11.8 Å². The van der Waals surface area contributed by atoms with Crippen LogP contribution >= 0.6 is 22.7 Å². The van der Waals surface area contributed by atoms with Crippen LogP contribution in [0.2, 0.25) is 0 Å². The van der Waals surface area contributed by atoms with Crippen molar-refractivity contribution < 1.29 is 9.59 Å². The Balaban J connectivity index is 1.35. The zero-order valence-electron chi connectivity index (χ0n) is 13.8. The van der Waals surface area contributed by atoms with E-state index in [1.54, 1.807) is 11.1 Å². The van der Waals surface area contributed by atoms with Gasteiger partial charge in [-0.25, -0.2) is 9.97 Å². The van der Waals surface area contributed by atoms with E-state index in [4.69, 9.17) is 0 Å².